The van der Waals surface area contributed by atoms with Gasteiger partial charge in [0.1, 0.15) is 5.65 Å². The summed E-state index contributed by atoms with van der Waals surface area (Å²) in [4.78, 5) is 16.4. The molecule has 2 N–H and O–H groups in total. The molecule has 0 radical (unpaired) electrons. The van der Waals surface area contributed by atoms with E-state index in [4.69, 9.17) is 0 Å². The number of pyridine rings is 1. The van der Waals surface area contributed by atoms with Crippen LogP contribution in [-0.4, -0.2) is 23.7 Å². The number of nitrogens with zero attached hydrogens (tertiary/aromatic N) is 2. The second kappa shape index (κ2) is 7.49. The Balaban J connectivity index is 1.47. The number of amides is 1. The highest BCUT2D eigenvalue weighted by atomic mass is 32.2. The molecule has 0 atom stereocenters. The SMILES string of the molecule is Cc1ccn2cc(-c3ccc(C)c(NS(=O)(=O)c4ccc5c(c4)CCC(=O)N5)c3)nc2c1. The third-order valence-electron chi connectivity index (χ3n) is 5.68. The number of nitrogens with one attached hydrogen (secondary N) is 2. The van der Waals surface area contributed by atoms with Gasteiger partial charge in [-0.05, 0) is 73.4 Å². The first-order chi connectivity index (χ1) is 15.3. The van der Waals surface area contributed by atoms with Gasteiger partial charge in [0, 0.05) is 30.1 Å². The van der Waals surface area contributed by atoms with Crippen LogP contribution >= 0.6 is 0 Å². The number of hydrogen-bond acceptors (Lipinski definition) is 4. The molecule has 5 rings (SSSR count). The monoisotopic (exact) mass is 446 g/mol. The number of carbonyl (C=O) groups is 1. The lowest BCUT2D eigenvalue weighted by molar-refractivity contribution is -0.116. The highest BCUT2D eigenvalue weighted by molar-refractivity contribution is 7.92. The molecule has 0 fully saturated rings. The van der Waals surface area contributed by atoms with Crippen molar-refractivity contribution in [2.75, 3.05) is 10.0 Å². The molecule has 0 saturated heterocycles. The van der Waals surface area contributed by atoms with Crippen LogP contribution in [0.5, 0.6) is 0 Å². The molecule has 1 amide bonds. The minimum Gasteiger partial charge on any atom is -0.326 e. The number of imidazole rings is 1. The van der Waals surface area contributed by atoms with E-state index >= 15 is 0 Å². The Morgan fingerprint density at radius 2 is 1.88 bits per heavy atom. The largest absolute Gasteiger partial charge is 0.326 e. The van der Waals surface area contributed by atoms with Gasteiger partial charge in [0.2, 0.25) is 5.91 Å². The molecule has 8 heteroatoms. The van der Waals surface area contributed by atoms with Crippen LogP contribution in [0, 0.1) is 13.8 Å². The summed E-state index contributed by atoms with van der Waals surface area (Å²) >= 11 is 0. The standard InChI is InChI=1S/C24H22N4O3S/c1-15-9-10-28-14-22(25-23(28)11-15)18-4-3-16(2)21(13-18)27-32(30,31)19-6-7-20-17(12-19)5-8-24(29)26-20/h3-4,6-7,9-14,27H,5,8H2,1-2H3,(H,26,29). The van der Waals surface area contributed by atoms with Crippen LogP contribution in [0.4, 0.5) is 11.4 Å². The number of carbonyl (C=O) groups excluding carboxylic acids is 1. The zero-order valence-electron chi connectivity index (χ0n) is 17.7. The van der Waals surface area contributed by atoms with Crippen LogP contribution in [0.3, 0.4) is 0 Å². The Labute approximate surface area is 186 Å². The van der Waals surface area contributed by atoms with Crippen molar-refractivity contribution in [3.05, 3.63) is 77.6 Å². The Morgan fingerprint density at radius 1 is 1.03 bits per heavy atom. The summed E-state index contributed by atoms with van der Waals surface area (Å²) in [5, 5.41) is 2.77. The van der Waals surface area contributed by atoms with E-state index < -0.39 is 10.0 Å². The van der Waals surface area contributed by atoms with Gasteiger partial charge in [-0.2, -0.15) is 0 Å². The first-order valence-corrected chi connectivity index (χ1v) is 11.8. The number of aryl methyl sites for hydroxylation is 3. The van der Waals surface area contributed by atoms with Crippen molar-refractivity contribution in [2.45, 2.75) is 31.6 Å². The predicted molar refractivity (Wildman–Crippen MR) is 124 cm³/mol. The third kappa shape index (κ3) is 3.73. The normalized spacial score (nSPS) is 13.6. The molecule has 32 heavy (non-hydrogen) atoms. The Bertz CT molecular complexity index is 1490. The van der Waals surface area contributed by atoms with E-state index in [9.17, 15) is 13.2 Å². The molecule has 3 heterocycles. The first-order valence-electron chi connectivity index (χ1n) is 10.3. The summed E-state index contributed by atoms with van der Waals surface area (Å²) in [5.41, 5.74) is 6.34. The van der Waals surface area contributed by atoms with Crippen LogP contribution in [-0.2, 0) is 21.2 Å². The van der Waals surface area contributed by atoms with Crippen LogP contribution in [0.2, 0.25) is 0 Å². The summed E-state index contributed by atoms with van der Waals surface area (Å²) in [5.74, 6) is -0.0548. The minimum absolute atomic E-state index is 0.0548. The second-order valence-corrected chi connectivity index (χ2v) is 9.78. The average molecular weight is 447 g/mol. The summed E-state index contributed by atoms with van der Waals surface area (Å²) in [6.07, 6.45) is 4.75. The van der Waals surface area contributed by atoms with Crippen molar-refractivity contribution in [3.63, 3.8) is 0 Å². The quantitative estimate of drug-likeness (QED) is 0.489. The summed E-state index contributed by atoms with van der Waals surface area (Å²) < 4.78 is 30.9. The fourth-order valence-electron chi connectivity index (χ4n) is 3.84. The first kappa shape index (κ1) is 20.3. The van der Waals surface area contributed by atoms with Crippen molar-refractivity contribution in [1.29, 1.82) is 0 Å². The maximum atomic E-state index is 13.1. The number of aromatic nitrogens is 2. The van der Waals surface area contributed by atoms with E-state index in [1.165, 1.54) is 6.07 Å². The molecule has 1 aliphatic heterocycles. The van der Waals surface area contributed by atoms with Crippen LogP contribution in [0.25, 0.3) is 16.9 Å². The molecule has 0 unspecified atom stereocenters. The fourth-order valence-corrected chi connectivity index (χ4v) is 5.02. The zero-order valence-corrected chi connectivity index (χ0v) is 18.5. The molecule has 7 nitrogen and oxygen atoms in total. The fraction of sp³-hybridized carbons (Fsp3) is 0.167. The smallest absolute Gasteiger partial charge is 0.261 e. The van der Waals surface area contributed by atoms with Crippen molar-refractivity contribution in [2.24, 2.45) is 0 Å². The molecule has 0 aliphatic carbocycles. The van der Waals surface area contributed by atoms with Gasteiger partial charge in [-0.15, -0.1) is 0 Å². The number of anilines is 2. The summed E-state index contributed by atoms with van der Waals surface area (Å²) in [7, 11) is -3.80. The maximum Gasteiger partial charge on any atom is 0.261 e. The summed E-state index contributed by atoms with van der Waals surface area (Å²) in [6, 6.07) is 14.4. The number of benzene rings is 2. The maximum absolute atomic E-state index is 13.1. The van der Waals surface area contributed by atoms with Gasteiger partial charge in [-0.1, -0.05) is 12.1 Å². The van der Waals surface area contributed by atoms with E-state index in [-0.39, 0.29) is 10.8 Å². The van der Waals surface area contributed by atoms with E-state index in [0.717, 1.165) is 33.6 Å². The molecule has 2 aromatic carbocycles. The van der Waals surface area contributed by atoms with Crippen molar-refractivity contribution in [3.8, 4) is 11.3 Å². The topological polar surface area (TPSA) is 92.6 Å². The molecule has 0 bridgehead atoms. The minimum atomic E-state index is -3.80. The highest BCUT2D eigenvalue weighted by Gasteiger charge is 2.21. The van der Waals surface area contributed by atoms with Gasteiger partial charge in [-0.3, -0.25) is 9.52 Å². The number of rotatable bonds is 4. The van der Waals surface area contributed by atoms with Crippen molar-refractivity contribution >= 4 is 33.0 Å². The molecular formula is C24H22N4O3S. The van der Waals surface area contributed by atoms with Crippen LogP contribution < -0.4 is 10.0 Å². The number of sulfonamides is 1. The molecule has 4 aromatic rings. The van der Waals surface area contributed by atoms with E-state index in [0.29, 0.717) is 24.2 Å². The Hall–Kier alpha value is -3.65. The highest BCUT2D eigenvalue weighted by Crippen LogP contribution is 2.29. The van der Waals surface area contributed by atoms with Gasteiger partial charge in [0.05, 0.1) is 16.3 Å². The zero-order chi connectivity index (χ0) is 22.5. The van der Waals surface area contributed by atoms with E-state index in [1.54, 1.807) is 18.2 Å². The van der Waals surface area contributed by atoms with Crippen molar-refractivity contribution < 1.29 is 13.2 Å². The molecular weight excluding hydrogens is 424 g/mol. The average Bonchev–Trinajstić information content (AvgIpc) is 3.18. The van der Waals surface area contributed by atoms with E-state index in [1.807, 2.05) is 54.9 Å². The van der Waals surface area contributed by atoms with Crippen molar-refractivity contribution in [1.82, 2.24) is 9.38 Å². The molecule has 0 saturated carbocycles. The van der Waals surface area contributed by atoms with Gasteiger partial charge >= 0.3 is 0 Å². The third-order valence-corrected chi connectivity index (χ3v) is 7.04. The lowest BCUT2D eigenvalue weighted by Crippen LogP contribution is -2.20. The predicted octanol–water partition coefficient (Wildman–Crippen LogP) is 4.30. The lowest BCUT2D eigenvalue weighted by Gasteiger charge is -2.18. The van der Waals surface area contributed by atoms with Crippen LogP contribution in [0.15, 0.2) is 65.8 Å². The van der Waals surface area contributed by atoms with Gasteiger partial charge in [0.25, 0.3) is 10.0 Å². The Morgan fingerprint density at radius 3 is 2.72 bits per heavy atom. The summed E-state index contributed by atoms with van der Waals surface area (Å²) in [6.45, 7) is 3.87. The molecule has 1 aliphatic rings. The second-order valence-electron chi connectivity index (χ2n) is 8.10. The molecule has 2 aromatic heterocycles. The van der Waals surface area contributed by atoms with Gasteiger partial charge in [-0.25, -0.2) is 13.4 Å². The lowest BCUT2D eigenvalue weighted by atomic mass is 10.0. The van der Waals surface area contributed by atoms with E-state index in [2.05, 4.69) is 15.0 Å². The number of hydrogen-bond donors (Lipinski definition) is 2. The number of fused-ring (bicyclic) bond motifs is 2. The molecule has 162 valence electrons. The van der Waals surface area contributed by atoms with Gasteiger partial charge in [0.15, 0.2) is 0 Å². The van der Waals surface area contributed by atoms with Crippen LogP contribution in [0.1, 0.15) is 23.1 Å². The molecule has 0 spiro atoms. The van der Waals surface area contributed by atoms with Gasteiger partial charge < -0.3 is 9.72 Å². The Kier molecular flexibility index (Phi) is 4.74.